The quantitative estimate of drug-likeness (QED) is 0.137. The van der Waals surface area contributed by atoms with Gasteiger partial charge in [0.1, 0.15) is 17.8 Å². The van der Waals surface area contributed by atoms with Gasteiger partial charge in [0.05, 0.1) is 36.3 Å². The normalized spacial score (nSPS) is 11.2. The Hall–Kier alpha value is -5.74. The number of carbonyl (C=O) groups is 1. The molecule has 0 unspecified atom stereocenters. The van der Waals surface area contributed by atoms with Gasteiger partial charge in [-0.2, -0.15) is 0 Å². The fourth-order valence-electron chi connectivity index (χ4n) is 5.21. The molecule has 0 amide bonds. The van der Waals surface area contributed by atoms with Crippen LogP contribution in [0.15, 0.2) is 139 Å². The minimum absolute atomic E-state index is 0.0820. The van der Waals surface area contributed by atoms with E-state index in [0.717, 1.165) is 16.7 Å². The number of rotatable bonds is 11. The molecular formula is C37H32N4O5S. The van der Waals surface area contributed by atoms with Crippen LogP contribution in [0.1, 0.15) is 27.3 Å². The van der Waals surface area contributed by atoms with Crippen LogP contribution in [-0.4, -0.2) is 36.3 Å². The van der Waals surface area contributed by atoms with Crippen LogP contribution in [0.4, 0.5) is 5.69 Å². The van der Waals surface area contributed by atoms with Crippen molar-refractivity contribution in [3.8, 4) is 22.6 Å². The number of methoxy groups -OCH3 is 1. The van der Waals surface area contributed by atoms with Crippen LogP contribution in [0, 0.1) is 6.92 Å². The van der Waals surface area contributed by atoms with Gasteiger partial charge in [-0.15, -0.1) is 10.2 Å². The maximum atomic E-state index is 14.5. The first-order valence-electron chi connectivity index (χ1n) is 14.9. The van der Waals surface area contributed by atoms with E-state index in [9.17, 15) is 13.2 Å². The third kappa shape index (κ3) is 7.08. The summed E-state index contributed by atoms with van der Waals surface area (Å²) in [7, 11) is -2.74. The number of nitrogens with zero attached hydrogens (tertiary/aromatic N) is 4. The second-order valence-electron chi connectivity index (χ2n) is 10.8. The summed E-state index contributed by atoms with van der Waals surface area (Å²) in [6.45, 7) is 2.09. The van der Waals surface area contributed by atoms with Crippen LogP contribution in [0.5, 0.6) is 11.5 Å². The Morgan fingerprint density at radius 2 is 1.45 bits per heavy atom. The van der Waals surface area contributed by atoms with Crippen molar-refractivity contribution in [2.24, 2.45) is 0 Å². The molecule has 0 bridgehead atoms. The summed E-state index contributed by atoms with van der Waals surface area (Å²) in [6.07, 6.45) is 1.56. The zero-order valence-electron chi connectivity index (χ0n) is 25.9. The molecule has 47 heavy (non-hydrogen) atoms. The Morgan fingerprint density at radius 3 is 2.11 bits per heavy atom. The Morgan fingerprint density at radius 1 is 0.787 bits per heavy atom. The highest BCUT2D eigenvalue weighted by molar-refractivity contribution is 7.92. The predicted octanol–water partition coefficient (Wildman–Crippen LogP) is 7.28. The Bertz CT molecular complexity index is 2080. The third-order valence-electron chi connectivity index (χ3n) is 7.66. The van der Waals surface area contributed by atoms with E-state index >= 15 is 0 Å². The first-order valence-corrected chi connectivity index (χ1v) is 16.3. The molecule has 9 nitrogen and oxygen atoms in total. The monoisotopic (exact) mass is 644 g/mol. The maximum Gasteiger partial charge on any atom is 0.337 e. The van der Waals surface area contributed by atoms with E-state index in [1.165, 1.54) is 11.4 Å². The SMILES string of the molecule is COC(=O)c1ccc(Cn2cnnc2CN(c2ccc(Oc3ccccc3)cc2)S(=O)(=O)c2ccc(-c3ccccc3)cc2C)cc1. The van der Waals surface area contributed by atoms with Gasteiger partial charge in [0.2, 0.25) is 0 Å². The number of carbonyl (C=O) groups excluding carboxylic acids is 1. The van der Waals surface area contributed by atoms with E-state index in [1.54, 1.807) is 60.3 Å². The van der Waals surface area contributed by atoms with Gasteiger partial charge in [0.25, 0.3) is 10.0 Å². The first kappa shape index (κ1) is 31.3. The minimum Gasteiger partial charge on any atom is -0.465 e. The van der Waals surface area contributed by atoms with Gasteiger partial charge >= 0.3 is 5.97 Å². The number of para-hydroxylation sites is 1. The number of ether oxygens (including phenoxy) is 2. The van der Waals surface area contributed by atoms with Crippen molar-refractivity contribution in [3.63, 3.8) is 0 Å². The summed E-state index contributed by atoms with van der Waals surface area (Å²) in [5.74, 6) is 1.26. The average molecular weight is 645 g/mol. The van der Waals surface area contributed by atoms with Gasteiger partial charge in [0.15, 0.2) is 5.82 Å². The molecule has 6 rings (SSSR count). The van der Waals surface area contributed by atoms with Gasteiger partial charge in [0, 0.05) is 0 Å². The van der Waals surface area contributed by atoms with E-state index < -0.39 is 16.0 Å². The van der Waals surface area contributed by atoms with Crippen LogP contribution < -0.4 is 9.04 Å². The van der Waals surface area contributed by atoms with Gasteiger partial charge in [-0.1, -0.05) is 72.8 Å². The molecule has 0 N–H and O–H groups in total. The van der Waals surface area contributed by atoms with Crippen LogP contribution in [0.3, 0.4) is 0 Å². The summed E-state index contributed by atoms with van der Waals surface area (Å²) in [5, 5.41) is 8.40. The molecule has 6 aromatic rings. The minimum atomic E-state index is -4.08. The lowest BCUT2D eigenvalue weighted by atomic mass is 10.0. The number of hydrogen-bond acceptors (Lipinski definition) is 7. The molecule has 5 aromatic carbocycles. The van der Waals surface area contributed by atoms with Crippen molar-refractivity contribution < 1.29 is 22.7 Å². The molecule has 0 spiro atoms. The maximum absolute atomic E-state index is 14.5. The lowest BCUT2D eigenvalue weighted by Gasteiger charge is -2.25. The van der Waals surface area contributed by atoms with E-state index in [1.807, 2.05) is 84.9 Å². The molecular weight excluding hydrogens is 612 g/mol. The van der Waals surface area contributed by atoms with E-state index in [0.29, 0.717) is 40.7 Å². The number of aromatic nitrogens is 3. The van der Waals surface area contributed by atoms with Crippen LogP contribution >= 0.6 is 0 Å². The fourth-order valence-corrected chi connectivity index (χ4v) is 6.84. The topological polar surface area (TPSA) is 104 Å². The molecule has 0 aliphatic carbocycles. The Labute approximate surface area is 273 Å². The zero-order chi connectivity index (χ0) is 32.8. The van der Waals surface area contributed by atoms with Crippen molar-refractivity contribution in [2.75, 3.05) is 11.4 Å². The smallest absolute Gasteiger partial charge is 0.337 e. The highest BCUT2D eigenvalue weighted by atomic mass is 32.2. The Kier molecular flexibility index (Phi) is 9.12. The average Bonchev–Trinajstić information content (AvgIpc) is 3.54. The lowest BCUT2D eigenvalue weighted by Crippen LogP contribution is -2.32. The molecule has 236 valence electrons. The molecule has 0 radical (unpaired) electrons. The molecule has 1 heterocycles. The molecule has 0 saturated heterocycles. The second kappa shape index (κ2) is 13.7. The molecule has 10 heteroatoms. The van der Waals surface area contributed by atoms with E-state index in [4.69, 9.17) is 9.47 Å². The molecule has 0 aliphatic rings. The number of aryl methyl sites for hydroxylation is 1. The van der Waals surface area contributed by atoms with Gasteiger partial charge in [-0.3, -0.25) is 4.31 Å². The summed E-state index contributed by atoms with van der Waals surface area (Å²) < 4.78 is 42.9. The summed E-state index contributed by atoms with van der Waals surface area (Å²) in [5.41, 5.74) is 4.29. The third-order valence-corrected chi connectivity index (χ3v) is 9.60. The number of anilines is 1. The lowest BCUT2D eigenvalue weighted by molar-refractivity contribution is 0.0600. The largest absolute Gasteiger partial charge is 0.465 e. The summed E-state index contributed by atoms with van der Waals surface area (Å²) in [4.78, 5) is 12.1. The van der Waals surface area contributed by atoms with Crippen molar-refractivity contribution in [1.82, 2.24) is 14.8 Å². The number of sulfonamides is 1. The van der Waals surface area contributed by atoms with Gasteiger partial charge in [-0.25, -0.2) is 13.2 Å². The van der Waals surface area contributed by atoms with Crippen molar-refractivity contribution in [1.29, 1.82) is 0 Å². The van der Waals surface area contributed by atoms with E-state index in [-0.39, 0.29) is 11.4 Å². The van der Waals surface area contributed by atoms with Crippen LogP contribution in [0.2, 0.25) is 0 Å². The number of benzene rings is 5. The Balaban J connectivity index is 1.34. The van der Waals surface area contributed by atoms with Crippen LogP contribution in [-0.2, 0) is 27.8 Å². The summed E-state index contributed by atoms with van der Waals surface area (Å²) >= 11 is 0. The van der Waals surface area contributed by atoms with Gasteiger partial charge in [-0.05, 0) is 83.8 Å². The number of hydrogen-bond donors (Lipinski definition) is 0. The molecule has 0 atom stereocenters. The van der Waals surface area contributed by atoms with Crippen LogP contribution in [0.25, 0.3) is 11.1 Å². The standard InChI is InChI=1S/C37H32N4O5S/c1-27-23-31(29-9-5-3-6-10-29)17-22-35(27)47(43,44)41(32-18-20-34(21-19-32)46-33-11-7-4-8-12-33)25-36-39-38-26-40(36)24-28-13-15-30(16-14-28)37(42)45-2/h3-23,26H,24-25H2,1-2H3. The highest BCUT2D eigenvalue weighted by Gasteiger charge is 2.29. The van der Waals surface area contributed by atoms with Crippen molar-refractivity contribution >= 4 is 21.7 Å². The molecule has 0 saturated carbocycles. The molecule has 1 aromatic heterocycles. The van der Waals surface area contributed by atoms with Crippen molar-refractivity contribution in [2.45, 2.75) is 24.9 Å². The molecule has 0 fully saturated rings. The summed E-state index contributed by atoms with van der Waals surface area (Å²) in [6, 6.07) is 38.5. The predicted molar refractivity (Wildman–Crippen MR) is 180 cm³/mol. The second-order valence-corrected chi connectivity index (χ2v) is 12.7. The van der Waals surface area contributed by atoms with E-state index in [2.05, 4.69) is 10.2 Å². The first-order chi connectivity index (χ1) is 22.8. The number of esters is 1. The zero-order valence-corrected chi connectivity index (χ0v) is 26.7. The van der Waals surface area contributed by atoms with Gasteiger partial charge < -0.3 is 14.0 Å². The van der Waals surface area contributed by atoms with Crippen molar-refractivity contribution in [3.05, 3.63) is 156 Å². The molecule has 0 aliphatic heterocycles. The fraction of sp³-hybridized carbons (Fsp3) is 0.108. The highest BCUT2D eigenvalue weighted by Crippen LogP contribution is 2.32.